The van der Waals surface area contributed by atoms with Gasteiger partial charge >= 0.3 is 5.97 Å². The van der Waals surface area contributed by atoms with Crippen LogP contribution in [-0.4, -0.2) is 41.9 Å². The molecule has 2 aliphatic heterocycles. The van der Waals surface area contributed by atoms with E-state index in [9.17, 15) is 14.7 Å². The van der Waals surface area contributed by atoms with Crippen LogP contribution in [0.15, 0.2) is 51.7 Å². The number of ether oxygens (including phenoxy) is 2. The molecule has 3 atom stereocenters. The molecule has 1 aromatic heterocycles. The Hall–Kier alpha value is -3.32. The minimum absolute atomic E-state index is 0.119. The van der Waals surface area contributed by atoms with Gasteiger partial charge in [-0.2, -0.15) is 0 Å². The number of esters is 1. The predicted octanol–water partition coefficient (Wildman–Crippen LogP) is 3.17. The van der Waals surface area contributed by atoms with Gasteiger partial charge < -0.3 is 19.0 Å². The van der Waals surface area contributed by atoms with Crippen molar-refractivity contribution in [3.8, 4) is 11.5 Å². The molecule has 1 saturated heterocycles. The Kier molecular flexibility index (Phi) is 4.29. The number of aryl methyl sites for hydroxylation is 1. The molecule has 2 aliphatic rings. The molecular formula is C23H21NO6. The van der Waals surface area contributed by atoms with Crippen molar-refractivity contribution in [3.63, 3.8) is 0 Å². The minimum Gasteiger partial charge on any atom is -0.507 e. The maximum Gasteiger partial charge on any atom is 0.338 e. The molecule has 1 N–H and O–H groups in total. The van der Waals surface area contributed by atoms with Crippen LogP contribution in [0.5, 0.6) is 11.5 Å². The number of benzene rings is 2. The summed E-state index contributed by atoms with van der Waals surface area (Å²) in [6, 6.07) is 11.7. The lowest BCUT2D eigenvalue weighted by Gasteiger charge is -2.45. The summed E-state index contributed by atoms with van der Waals surface area (Å²) < 4.78 is 17.9. The smallest absolute Gasteiger partial charge is 0.338 e. The van der Waals surface area contributed by atoms with E-state index in [1.165, 1.54) is 12.1 Å². The van der Waals surface area contributed by atoms with Gasteiger partial charge in [-0.3, -0.25) is 9.69 Å². The lowest BCUT2D eigenvalue weighted by Crippen LogP contribution is -2.53. The van der Waals surface area contributed by atoms with Gasteiger partial charge in [0.2, 0.25) is 0 Å². The van der Waals surface area contributed by atoms with E-state index in [4.69, 9.17) is 13.9 Å². The third kappa shape index (κ3) is 2.93. The summed E-state index contributed by atoms with van der Waals surface area (Å²) in [5, 5.41) is 10.6. The third-order valence-electron chi connectivity index (χ3n) is 5.87. The molecule has 3 aromatic rings. The van der Waals surface area contributed by atoms with Gasteiger partial charge in [0.05, 0.1) is 5.56 Å². The summed E-state index contributed by atoms with van der Waals surface area (Å²) in [4.78, 5) is 27.2. The normalized spacial score (nSPS) is 22.9. The van der Waals surface area contributed by atoms with Crippen molar-refractivity contribution in [2.75, 3.05) is 13.6 Å². The molecule has 7 heteroatoms. The van der Waals surface area contributed by atoms with Gasteiger partial charge in [0.25, 0.3) is 0 Å². The second kappa shape index (κ2) is 6.88. The number of hydrogen-bond acceptors (Lipinski definition) is 7. The quantitative estimate of drug-likeness (QED) is 0.653. The van der Waals surface area contributed by atoms with Gasteiger partial charge in [-0.25, -0.2) is 4.79 Å². The number of carbonyl (C=O) groups excluding carboxylic acids is 1. The SMILES string of the molecule is Cc1cc(=O)c2c(O)cc3c(c2o1)C1CC(O3)N(C)CC1OC(=O)c1ccccc1. The molecule has 2 bridgehead atoms. The van der Waals surface area contributed by atoms with E-state index >= 15 is 0 Å². The number of piperidine rings is 1. The van der Waals surface area contributed by atoms with Gasteiger partial charge in [0.1, 0.15) is 34.3 Å². The summed E-state index contributed by atoms with van der Waals surface area (Å²) in [6.07, 6.45) is -0.101. The maximum atomic E-state index is 12.7. The zero-order valence-corrected chi connectivity index (χ0v) is 16.6. The Morgan fingerprint density at radius 1 is 1.23 bits per heavy atom. The van der Waals surface area contributed by atoms with Crippen molar-refractivity contribution in [2.45, 2.75) is 31.6 Å². The van der Waals surface area contributed by atoms with Gasteiger partial charge in [0.15, 0.2) is 11.7 Å². The van der Waals surface area contributed by atoms with Crippen LogP contribution >= 0.6 is 0 Å². The number of phenolic OH excluding ortho intramolecular Hbond substituents is 1. The fraction of sp³-hybridized carbons (Fsp3) is 0.304. The summed E-state index contributed by atoms with van der Waals surface area (Å²) >= 11 is 0. The number of likely N-dealkylation sites (tertiary alicyclic amines) is 1. The van der Waals surface area contributed by atoms with Crippen LogP contribution in [0.3, 0.4) is 0 Å². The number of phenols is 1. The first kappa shape index (κ1) is 18.7. The minimum atomic E-state index is -0.458. The Morgan fingerprint density at radius 2 is 2.00 bits per heavy atom. The number of aromatic hydroxyl groups is 1. The lowest BCUT2D eigenvalue weighted by molar-refractivity contribution is -0.0714. The van der Waals surface area contributed by atoms with E-state index in [0.717, 1.165) is 0 Å². The molecule has 30 heavy (non-hydrogen) atoms. The Bertz CT molecular complexity index is 1200. The first-order chi connectivity index (χ1) is 14.4. The highest BCUT2D eigenvalue weighted by Crippen LogP contribution is 2.48. The van der Waals surface area contributed by atoms with E-state index in [1.54, 1.807) is 31.2 Å². The van der Waals surface area contributed by atoms with E-state index in [2.05, 4.69) is 0 Å². The van der Waals surface area contributed by atoms with Crippen molar-refractivity contribution < 1.29 is 23.8 Å². The summed E-state index contributed by atoms with van der Waals surface area (Å²) in [5.74, 6) is 0.0744. The number of rotatable bonds is 2. The Morgan fingerprint density at radius 3 is 2.77 bits per heavy atom. The Labute approximate surface area is 172 Å². The number of nitrogens with zero attached hydrogens (tertiary/aromatic N) is 1. The van der Waals surface area contributed by atoms with E-state index in [1.807, 2.05) is 18.0 Å². The molecule has 0 radical (unpaired) electrons. The average molecular weight is 407 g/mol. The van der Waals surface area contributed by atoms with Crippen LogP contribution in [0.4, 0.5) is 0 Å². The molecule has 7 nitrogen and oxygen atoms in total. The highest BCUT2D eigenvalue weighted by atomic mass is 16.5. The zero-order valence-electron chi connectivity index (χ0n) is 16.6. The molecule has 2 aromatic carbocycles. The number of hydrogen-bond donors (Lipinski definition) is 1. The fourth-order valence-electron chi connectivity index (χ4n) is 4.44. The van der Waals surface area contributed by atoms with Crippen LogP contribution in [-0.2, 0) is 4.74 Å². The van der Waals surface area contributed by atoms with Crippen molar-refractivity contribution in [2.24, 2.45) is 0 Å². The van der Waals surface area contributed by atoms with Gasteiger partial charge in [-0.05, 0) is 26.1 Å². The highest BCUT2D eigenvalue weighted by molar-refractivity contribution is 5.90. The standard InChI is InChI=1S/C23H21NO6/c1-12-8-15(25)21-16(26)10-17-20(22(21)28-12)14-9-19(29-17)24(2)11-18(14)30-23(27)13-6-4-3-5-7-13/h3-8,10,14,18-19,26H,9,11H2,1-2H3. The average Bonchev–Trinajstić information content (AvgIpc) is 2.71. The van der Waals surface area contributed by atoms with Crippen molar-refractivity contribution in [3.05, 3.63) is 69.6 Å². The molecule has 3 heterocycles. The number of likely N-dealkylation sites (N-methyl/N-ethyl adjacent to an activating group) is 1. The van der Waals surface area contributed by atoms with Crippen LogP contribution in [0, 0.1) is 6.92 Å². The molecule has 1 fully saturated rings. The van der Waals surface area contributed by atoms with E-state index < -0.39 is 12.1 Å². The number of carbonyl (C=O) groups is 1. The first-order valence-corrected chi connectivity index (χ1v) is 9.85. The molecule has 0 aliphatic carbocycles. The summed E-state index contributed by atoms with van der Waals surface area (Å²) in [7, 11) is 1.90. The summed E-state index contributed by atoms with van der Waals surface area (Å²) in [5.41, 5.74) is 1.12. The van der Waals surface area contributed by atoms with Crippen LogP contribution in [0.25, 0.3) is 11.0 Å². The van der Waals surface area contributed by atoms with Crippen molar-refractivity contribution >= 4 is 16.9 Å². The highest BCUT2D eigenvalue weighted by Gasteiger charge is 2.45. The van der Waals surface area contributed by atoms with Gasteiger partial charge in [-0.1, -0.05) is 18.2 Å². The molecule has 5 rings (SSSR count). The van der Waals surface area contributed by atoms with E-state index in [-0.39, 0.29) is 28.7 Å². The first-order valence-electron chi connectivity index (χ1n) is 9.85. The molecule has 0 saturated carbocycles. The van der Waals surface area contributed by atoms with Crippen LogP contribution < -0.4 is 10.2 Å². The largest absolute Gasteiger partial charge is 0.507 e. The molecular weight excluding hydrogens is 386 g/mol. The molecule has 154 valence electrons. The zero-order chi connectivity index (χ0) is 21.0. The molecule has 0 spiro atoms. The van der Waals surface area contributed by atoms with Crippen molar-refractivity contribution in [1.29, 1.82) is 0 Å². The Balaban J connectivity index is 1.63. The van der Waals surface area contributed by atoms with Gasteiger partial charge in [-0.15, -0.1) is 0 Å². The second-order valence-corrected chi connectivity index (χ2v) is 7.90. The molecule has 0 amide bonds. The van der Waals surface area contributed by atoms with Crippen LogP contribution in [0.1, 0.15) is 34.0 Å². The monoisotopic (exact) mass is 407 g/mol. The summed E-state index contributed by atoms with van der Waals surface area (Å²) in [6.45, 7) is 2.16. The topological polar surface area (TPSA) is 89.2 Å². The van der Waals surface area contributed by atoms with E-state index in [0.29, 0.717) is 41.2 Å². The van der Waals surface area contributed by atoms with Crippen molar-refractivity contribution in [1.82, 2.24) is 4.90 Å². The lowest BCUT2D eigenvalue weighted by atomic mass is 9.82. The number of fused-ring (bicyclic) bond motifs is 6. The van der Waals surface area contributed by atoms with Crippen LogP contribution in [0.2, 0.25) is 0 Å². The third-order valence-corrected chi connectivity index (χ3v) is 5.87. The molecule has 3 unspecified atom stereocenters. The van der Waals surface area contributed by atoms with Gasteiger partial charge in [0, 0.05) is 36.6 Å². The fourth-order valence-corrected chi connectivity index (χ4v) is 4.44. The predicted molar refractivity (Wildman–Crippen MR) is 109 cm³/mol. The second-order valence-electron chi connectivity index (χ2n) is 7.90. The maximum absolute atomic E-state index is 12.7.